The molecule has 2 heterocycles. The van der Waals surface area contributed by atoms with Gasteiger partial charge in [0.15, 0.2) is 4.34 Å². The van der Waals surface area contributed by atoms with E-state index in [1.54, 1.807) is 0 Å². The number of carbonyl (C=O) groups excluding carboxylic acids is 1. The first kappa shape index (κ1) is 16.8. The van der Waals surface area contributed by atoms with Gasteiger partial charge in [-0.25, -0.2) is 0 Å². The maximum atomic E-state index is 12.1. The van der Waals surface area contributed by atoms with Gasteiger partial charge in [-0.3, -0.25) is 4.79 Å². The molecule has 124 valence electrons. The topological polar surface area (TPSA) is 107 Å². The summed E-state index contributed by atoms with van der Waals surface area (Å²) < 4.78 is 0.771. The Morgan fingerprint density at radius 3 is 2.67 bits per heavy atom. The van der Waals surface area contributed by atoms with Gasteiger partial charge in [0.25, 0.3) is 5.91 Å². The molecule has 10 heteroatoms. The van der Waals surface area contributed by atoms with Crippen LogP contribution in [-0.2, 0) is 12.3 Å². The van der Waals surface area contributed by atoms with E-state index in [4.69, 9.17) is 5.73 Å². The molecule has 2 aromatic heterocycles. The van der Waals surface area contributed by atoms with Crippen LogP contribution in [0.15, 0.2) is 28.6 Å². The number of nitrogens with two attached hydrogens (primary N) is 1. The van der Waals surface area contributed by atoms with Crippen molar-refractivity contribution in [3.05, 3.63) is 45.4 Å². The average Bonchev–Trinajstić information content (AvgIpc) is 3.21. The highest BCUT2D eigenvalue weighted by atomic mass is 32.2. The maximum absolute atomic E-state index is 12.1. The number of rotatable bonds is 6. The molecule has 0 unspecified atom stereocenters. The molecule has 0 spiro atoms. The van der Waals surface area contributed by atoms with E-state index in [1.807, 2.05) is 31.2 Å². The zero-order valence-corrected chi connectivity index (χ0v) is 15.2. The number of nitrogen functional groups attached to an aromatic ring is 1. The van der Waals surface area contributed by atoms with E-state index < -0.39 is 0 Å². The SMILES string of the molecule is Cc1ccc(CNC(=O)c2nnc(CSc3nnc(N)s3)s2)cc1. The molecule has 0 aliphatic carbocycles. The van der Waals surface area contributed by atoms with Gasteiger partial charge in [-0.05, 0) is 12.5 Å². The van der Waals surface area contributed by atoms with E-state index in [2.05, 4.69) is 25.7 Å². The Kier molecular flexibility index (Phi) is 5.38. The fraction of sp³-hybridized carbons (Fsp3) is 0.214. The molecule has 3 rings (SSSR count). The molecule has 0 bridgehead atoms. The summed E-state index contributed by atoms with van der Waals surface area (Å²) in [7, 11) is 0. The fourth-order valence-electron chi connectivity index (χ4n) is 1.77. The molecule has 0 atom stereocenters. The molecule has 0 aliphatic rings. The minimum atomic E-state index is -0.218. The van der Waals surface area contributed by atoms with Gasteiger partial charge in [0, 0.05) is 6.54 Å². The van der Waals surface area contributed by atoms with Gasteiger partial charge in [-0.15, -0.1) is 20.4 Å². The van der Waals surface area contributed by atoms with Crippen molar-refractivity contribution in [2.75, 3.05) is 5.73 Å². The normalized spacial score (nSPS) is 10.7. The van der Waals surface area contributed by atoms with Crippen LogP contribution in [0.25, 0.3) is 0 Å². The third-order valence-corrected chi connectivity index (χ3v) is 5.98. The van der Waals surface area contributed by atoms with Gasteiger partial charge in [0.05, 0.1) is 5.75 Å². The fourth-order valence-corrected chi connectivity index (χ4v) is 4.15. The van der Waals surface area contributed by atoms with Crippen LogP contribution in [0.3, 0.4) is 0 Å². The lowest BCUT2D eigenvalue weighted by atomic mass is 10.1. The molecular weight excluding hydrogens is 364 g/mol. The number of carbonyl (C=O) groups is 1. The quantitative estimate of drug-likeness (QED) is 0.635. The predicted molar refractivity (Wildman–Crippen MR) is 96.1 cm³/mol. The molecule has 1 aromatic carbocycles. The lowest BCUT2D eigenvalue weighted by Crippen LogP contribution is -2.22. The van der Waals surface area contributed by atoms with E-state index in [0.717, 1.165) is 14.9 Å². The van der Waals surface area contributed by atoms with E-state index >= 15 is 0 Å². The van der Waals surface area contributed by atoms with Crippen LogP contribution in [0.5, 0.6) is 0 Å². The van der Waals surface area contributed by atoms with Gasteiger partial charge in [0.1, 0.15) is 5.01 Å². The van der Waals surface area contributed by atoms with Gasteiger partial charge in [-0.2, -0.15) is 0 Å². The van der Waals surface area contributed by atoms with Crippen molar-refractivity contribution in [3.63, 3.8) is 0 Å². The van der Waals surface area contributed by atoms with Crippen molar-refractivity contribution in [2.45, 2.75) is 23.6 Å². The summed E-state index contributed by atoms with van der Waals surface area (Å²) in [6.45, 7) is 2.49. The number of amides is 1. The number of thioether (sulfide) groups is 1. The Balaban J connectivity index is 1.52. The summed E-state index contributed by atoms with van der Waals surface area (Å²) in [5.74, 6) is 0.363. The zero-order chi connectivity index (χ0) is 16.9. The molecule has 3 aromatic rings. The molecule has 3 N–H and O–H groups in total. The van der Waals surface area contributed by atoms with Gasteiger partial charge in [0.2, 0.25) is 10.1 Å². The molecule has 0 saturated carbocycles. The molecule has 24 heavy (non-hydrogen) atoms. The van der Waals surface area contributed by atoms with E-state index in [9.17, 15) is 4.79 Å². The minimum absolute atomic E-state index is 0.218. The monoisotopic (exact) mass is 378 g/mol. The van der Waals surface area contributed by atoms with Crippen LogP contribution in [0.4, 0.5) is 5.13 Å². The van der Waals surface area contributed by atoms with Crippen LogP contribution in [0.2, 0.25) is 0 Å². The predicted octanol–water partition coefficient (Wildman–Crippen LogP) is 2.50. The van der Waals surface area contributed by atoms with Crippen molar-refractivity contribution in [3.8, 4) is 0 Å². The highest BCUT2D eigenvalue weighted by molar-refractivity contribution is 8.00. The smallest absolute Gasteiger partial charge is 0.282 e. The molecule has 7 nitrogen and oxygen atoms in total. The molecule has 0 radical (unpaired) electrons. The maximum Gasteiger partial charge on any atom is 0.282 e. The number of aromatic nitrogens is 4. The lowest BCUT2D eigenvalue weighted by molar-refractivity contribution is 0.0950. The lowest BCUT2D eigenvalue weighted by Gasteiger charge is -2.03. The number of nitrogens with zero attached hydrogens (tertiary/aromatic N) is 4. The van der Waals surface area contributed by atoms with E-state index in [-0.39, 0.29) is 5.91 Å². The number of benzene rings is 1. The van der Waals surface area contributed by atoms with Gasteiger partial charge >= 0.3 is 0 Å². The second-order valence-electron chi connectivity index (χ2n) is 4.86. The third kappa shape index (κ3) is 4.49. The summed E-state index contributed by atoms with van der Waals surface area (Å²) in [6.07, 6.45) is 0. The van der Waals surface area contributed by atoms with Crippen molar-refractivity contribution < 1.29 is 4.79 Å². The first-order chi connectivity index (χ1) is 11.6. The molecular formula is C14H14N6OS3. The summed E-state index contributed by atoms with van der Waals surface area (Å²) in [5, 5.41) is 20.1. The molecule has 0 aliphatic heterocycles. The van der Waals surface area contributed by atoms with Crippen LogP contribution < -0.4 is 11.1 Å². The average molecular weight is 379 g/mol. The number of aryl methyl sites for hydroxylation is 1. The Hall–Kier alpha value is -2.04. The minimum Gasteiger partial charge on any atom is -0.374 e. The van der Waals surface area contributed by atoms with E-state index in [0.29, 0.717) is 22.4 Å². The Morgan fingerprint density at radius 2 is 1.96 bits per heavy atom. The Morgan fingerprint density at radius 1 is 1.17 bits per heavy atom. The molecule has 0 saturated heterocycles. The Bertz CT molecular complexity index is 829. The van der Waals surface area contributed by atoms with Gasteiger partial charge < -0.3 is 11.1 Å². The summed E-state index contributed by atoms with van der Waals surface area (Å²) >= 11 is 4.07. The summed E-state index contributed by atoms with van der Waals surface area (Å²) in [5.41, 5.74) is 7.77. The number of hydrogen-bond acceptors (Lipinski definition) is 9. The van der Waals surface area contributed by atoms with Crippen LogP contribution in [0.1, 0.15) is 25.9 Å². The van der Waals surface area contributed by atoms with Crippen LogP contribution >= 0.6 is 34.4 Å². The second-order valence-corrected chi connectivity index (χ2v) is 8.16. The van der Waals surface area contributed by atoms with Crippen molar-refractivity contribution in [1.29, 1.82) is 0 Å². The third-order valence-electron chi connectivity index (χ3n) is 2.98. The highest BCUT2D eigenvalue weighted by Gasteiger charge is 2.13. The molecule has 1 amide bonds. The van der Waals surface area contributed by atoms with Crippen molar-refractivity contribution in [2.24, 2.45) is 0 Å². The molecule has 0 fully saturated rings. The largest absolute Gasteiger partial charge is 0.374 e. The number of nitrogens with one attached hydrogen (secondary N) is 1. The first-order valence-electron chi connectivity index (χ1n) is 6.98. The van der Waals surface area contributed by atoms with Crippen molar-refractivity contribution >= 4 is 45.5 Å². The van der Waals surface area contributed by atoms with Crippen molar-refractivity contribution in [1.82, 2.24) is 25.7 Å². The van der Waals surface area contributed by atoms with Gasteiger partial charge in [-0.1, -0.05) is 64.3 Å². The number of anilines is 1. The summed E-state index contributed by atoms with van der Waals surface area (Å²) in [6, 6.07) is 8.01. The van der Waals surface area contributed by atoms with Crippen LogP contribution in [0, 0.1) is 6.92 Å². The van der Waals surface area contributed by atoms with Crippen LogP contribution in [-0.4, -0.2) is 26.3 Å². The standard InChI is InChI=1S/C14H14N6OS3/c1-8-2-4-9(5-3-8)6-16-11(21)12-18-17-10(23-12)7-22-14-20-19-13(15)24-14/h2-5H,6-7H2,1H3,(H2,15,19)(H,16,21). The number of hydrogen-bond donors (Lipinski definition) is 2. The zero-order valence-electron chi connectivity index (χ0n) is 12.7. The summed E-state index contributed by atoms with van der Waals surface area (Å²) in [4.78, 5) is 12.1. The second kappa shape index (κ2) is 7.69. The Labute approximate surface area is 150 Å². The highest BCUT2D eigenvalue weighted by Crippen LogP contribution is 2.27. The van der Waals surface area contributed by atoms with E-state index in [1.165, 1.54) is 40.0 Å². The first-order valence-corrected chi connectivity index (χ1v) is 9.60.